The quantitative estimate of drug-likeness (QED) is 0.450. The molecule has 2 heteroatoms. The molecule has 0 spiro atoms. The average Bonchev–Trinajstić information content (AvgIpc) is 2.00. The van der Waals surface area contributed by atoms with Gasteiger partial charge in [-0.1, -0.05) is 20.3 Å². The molecule has 0 bridgehead atoms. The van der Waals surface area contributed by atoms with E-state index < -0.39 is 0 Å². The van der Waals surface area contributed by atoms with E-state index in [0.717, 1.165) is 12.8 Å². The molecular weight excluding hydrogens is 140 g/mol. The number of hydrogen-bond donors (Lipinski definition) is 0. The molecule has 1 atom stereocenters. The van der Waals surface area contributed by atoms with Crippen LogP contribution in [0, 0.1) is 5.92 Å². The number of allylic oxidation sites excluding steroid dienone is 1. The van der Waals surface area contributed by atoms with Crippen LogP contribution in [0.1, 0.15) is 26.7 Å². The summed E-state index contributed by atoms with van der Waals surface area (Å²) in [7, 11) is 1.54. The second kappa shape index (κ2) is 5.96. The molecule has 0 aliphatic carbocycles. The molecule has 0 rings (SSSR count). The highest BCUT2D eigenvalue weighted by atomic mass is 16.5. The minimum absolute atomic E-state index is 0.131. The second-order valence-electron chi connectivity index (χ2n) is 2.63. The maximum absolute atomic E-state index is 11.1. The summed E-state index contributed by atoms with van der Waals surface area (Å²) in [5.41, 5.74) is 0. The molecule has 11 heavy (non-hydrogen) atoms. The number of rotatable bonds is 5. The van der Waals surface area contributed by atoms with E-state index in [4.69, 9.17) is 0 Å². The zero-order valence-electron chi connectivity index (χ0n) is 7.46. The molecule has 0 N–H and O–H groups in total. The van der Waals surface area contributed by atoms with E-state index in [1.165, 1.54) is 19.4 Å². The lowest BCUT2D eigenvalue weighted by atomic mass is 10.0. The Balaban J connectivity index is 3.72. The van der Waals surface area contributed by atoms with Crippen molar-refractivity contribution in [3.63, 3.8) is 0 Å². The van der Waals surface area contributed by atoms with Crippen LogP contribution in [0.15, 0.2) is 12.3 Å². The highest BCUT2D eigenvalue weighted by Crippen LogP contribution is 2.06. The summed E-state index contributed by atoms with van der Waals surface area (Å²) < 4.78 is 4.64. The van der Waals surface area contributed by atoms with Crippen LogP contribution in [0.2, 0.25) is 0 Å². The van der Waals surface area contributed by atoms with Gasteiger partial charge >= 0.3 is 0 Å². The molecule has 0 amide bonds. The Morgan fingerprint density at radius 2 is 2.27 bits per heavy atom. The van der Waals surface area contributed by atoms with Gasteiger partial charge in [-0.05, 0) is 6.42 Å². The van der Waals surface area contributed by atoms with Crippen LogP contribution in [0.4, 0.5) is 0 Å². The molecule has 0 radical (unpaired) electrons. The van der Waals surface area contributed by atoms with Crippen LogP contribution in [0.5, 0.6) is 0 Å². The topological polar surface area (TPSA) is 26.3 Å². The van der Waals surface area contributed by atoms with Gasteiger partial charge in [0, 0.05) is 12.0 Å². The molecule has 0 aliphatic rings. The van der Waals surface area contributed by atoms with E-state index in [9.17, 15) is 4.79 Å². The van der Waals surface area contributed by atoms with E-state index >= 15 is 0 Å². The van der Waals surface area contributed by atoms with E-state index in [-0.39, 0.29) is 11.7 Å². The fourth-order valence-corrected chi connectivity index (χ4v) is 0.875. The Labute approximate surface area is 68.2 Å². The van der Waals surface area contributed by atoms with Crippen molar-refractivity contribution < 1.29 is 9.53 Å². The number of carbonyl (C=O) groups excluding carboxylic acids is 1. The summed E-state index contributed by atoms with van der Waals surface area (Å²) in [4.78, 5) is 11.1. The van der Waals surface area contributed by atoms with Crippen LogP contribution in [-0.4, -0.2) is 12.9 Å². The maximum Gasteiger partial charge on any atom is 0.161 e. The van der Waals surface area contributed by atoms with Gasteiger partial charge in [-0.25, -0.2) is 0 Å². The van der Waals surface area contributed by atoms with Crippen LogP contribution in [0.25, 0.3) is 0 Å². The smallest absolute Gasteiger partial charge is 0.161 e. The molecule has 0 saturated heterocycles. The number of methoxy groups -OCH3 is 1. The summed E-state index contributed by atoms with van der Waals surface area (Å²) in [6, 6.07) is 0. The lowest BCUT2D eigenvalue weighted by Crippen LogP contribution is -2.06. The Morgan fingerprint density at radius 1 is 1.64 bits per heavy atom. The Bertz CT molecular complexity index is 138. The fourth-order valence-electron chi connectivity index (χ4n) is 0.875. The molecule has 0 heterocycles. The molecule has 1 unspecified atom stereocenters. The first-order valence-corrected chi connectivity index (χ1v) is 3.95. The number of ether oxygens (including phenoxy) is 1. The Hall–Kier alpha value is -0.790. The first kappa shape index (κ1) is 10.2. The Morgan fingerprint density at radius 3 is 2.73 bits per heavy atom. The monoisotopic (exact) mass is 156 g/mol. The molecule has 2 nitrogen and oxygen atoms in total. The van der Waals surface area contributed by atoms with Gasteiger partial charge in [0.15, 0.2) is 5.78 Å². The van der Waals surface area contributed by atoms with Crippen molar-refractivity contribution in [2.45, 2.75) is 26.7 Å². The number of ketones is 1. The molecule has 0 fully saturated rings. The van der Waals surface area contributed by atoms with E-state index in [1.807, 2.05) is 6.92 Å². The van der Waals surface area contributed by atoms with Crippen LogP contribution >= 0.6 is 0 Å². The molecule has 64 valence electrons. The lowest BCUT2D eigenvalue weighted by molar-refractivity contribution is -0.118. The van der Waals surface area contributed by atoms with Crippen molar-refractivity contribution in [1.82, 2.24) is 0 Å². The van der Waals surface area contributed by atoms with Crippen molar-refractivity contribution in [2.24, 2.45) is 5.92 Å². The van der Waals surface area contributed by atoms with E-state index in [2.05, 4.69) is 11.7 Å². The molecule has 0 saturated carbocycles. The summed E-state index contributed by atoms with van der Waals surface area (Å²) >= 11 is 0. The van der Waals surface area contributed by atoms with Gasteiger partial charge in [0.25, 0.3) is 0 Å². The third kappa shape index (κ3) is 4.59. The highest BCUT2D eigenvalue weighted by Gasteiger charge is 2.07. The summed E-state index contributed by atoms with van der Waals surface area (Å²) in [5.74, 6) is 0.278. The fraction of sp³-hybridized carbons (Fsp3) is 0.667. The number of hydrogen-bond acceptors (Lipinski definition) is 2. The van der Waals surface area contributed by atoms with Crippen molar-refractivity contribution in [3.05, 3.63) is 12.3 Å². The minimum atomic E-state index is 0.131. The van der Waals surface area contributed by atoms with Crippen molar-refractivity contribution >= 4 is 5.78 Å². The molecule has 0 aliphatic heterocycles. The maximum atomic E-state index is 11.1. The summed E-state index contributed by atoms with van der Waals surface area (Å²) in [5, 5.41) is 0. The first-order chi connectivity index (χ1) is 5.22. The van der Waals surface area contributed by atoms with Gasteiger partial charge in [-0.2, -0.15) is 0 Å². The van der Waals surface area contributed by atoms with Crippen LogP contribution in [-0.2, 0) is 9.53 Å². The predicted octanol–water partition coefficient (Wildman–Crippen LogP) is 2.15. The third-order valence-corrected chi connectivity index (χ3v) is 1.58. The average molecular weight is 156 g/mol. The SMILES string of the molecule is CCCC(C)C(=O)C=COC. The van der Waals surface area contributed by atoms with Gasteiger partial charge < -0.3 is 4.74 Å². The second-order valence-corrected chi connectivity index (χ2v) is 2.63. The van der Waals surface area contributed by atoms with Crippen LogP contribution < -0.4 is 0 Å². The highest BCUT2D eigenvalue weighted by molar-refractivity contribution is 5.91. The normalized spacial score (nSPS) is 13.4. The number of carbonyl (C=O) groups is 1. The predicted molar refractivity (Wildman–Crippen MR) is 45.2 cm³/mol. The molecule has 0 aromatic carbocycles. The van der Waals surface area contributed by atoms with E-state index in [0.29, 0.717) is 0 Å². The van der Waals surface area contributed by atoms with Gasteiger partial charge in [0.05, 0.1) is 13.4 Å². The van der Waals surface area contributed by atoms with Gasteiger partial charge in [0.2, 0.25) is 0 Å². The molecular formula is C9H16O2. The van der Waals surface area contributed by atoms with Gasteiger partial charge in [-0.15, -0.1) is 0 Å². The van der Waals surface area contributed by atoms with Crippen molar-refractivity contribution in [1.29, 1.82) is 0 Å². The standard InChI is InChI=1S/C9H16O2/c1-4-5-8(2)9(10)6-7-11-3/h6-8H,4-5H2,1-3H3. The summed E-state index contributed by atoms with van der Waals surface area (Å²) in [6.07, 6.45) is 4.91. The molecule has 0 aromatic rings. The zero-order chi connectivity index (χ0) is 8.69. The molecule has 0 aromatic heterocycles. The lowest BCUT2D eigenvalue weighted by Gasteiger charge is -2.03. The van der Waals surface area contributed by atoms with Crippen molar-refractivity contribution in [2.75, 3.05) is 7.11 Å². The minimum Gasteiger partial charge on any atom is -0.504 e. The van der Waals surface area contributed by atoms with E-state index in [1.54, 1.807) is 0 Å². The zero-order valence-corrected chi connectivity index (χ0v) is 7.46. The van der Waals surface area contributed by atoms with Gasteiger partial charge in [0.1, 0.15) is 0 Å². The van der Waals surface area contributed by atoms with Crippen molar-refractivity contribution in [3.8, 4) is 0 Å². The Kier molecular flexibility index (Phi) is 5.53. The summed E-state index contributed by atoms with van der Waals surface area (Å²) in [6.45, 7) is 4.01. The van der Waals surface area contributed by atoms with Gasteiger partial charge in [-0.3, -0.25) is 4.79 Å². The first-order valence-electron chi connectivity index (χ1n) is 3.95. The van der Waals surface area contributed by atoms with Crippen LogP contribution in [0.3, 0.4) is 0 Å². The third-order valence-electron chi connectivity index (χ3n) is 1.58. The largest absolute Gasteiger partial charge is 0.504 e.